The molecule has 0 spiro atoms. The van der Waals surface area contributed by atoms with Crippen LogP contribution < -0.4 is 15.8 Å². The van der Waals surface area contributed by atoms with Gasteiger partial charge in [0, 0.05) is 29.4 Å². The van der Waals surface area contributed by atoms with Gasteiger partial charge in [0.05, 0.1) is 9.88 Å². The molecule has 2 aromatic heterocycles. The van der Waals surface area contributed by atoms with Crippen LogP contribution in [0, 0.1) is 11.8 Å². The summed E-state index contributed by atoms with van der Waals surface area (Å²) < 4.78 is 6.01. The van der Waals surface area contributed by atoms with Crippen molar-refractivity contribution in [3.63, 3.8) is 0 Å². The van der Waals surface area contributed by atoms with Crippen molar-refractivity contribution < 1.29 is 9.84 Å². The zero-order valence-corrected chi connectivity index (χ0v) is 18.6. The first kappa shape index (κ1) is 21.0. The Morgan fingerprint density at radius 2 is 2.03 bits per heavy atom. The van der Waals surface area contributed by atoms with E-state index in [0.29, 0.717) is 24.1 Å². The van der Waals surface area contributed by atoms with Crippen LogP contribution >= 0.6 is 11.3 Å². The van der Waals surface area contributed by atoms with Crippen molar-refractivity contribution in [1.82, 2.24) is 15.3 Å². The summed E-state index contributed by atoms with van der Waals surface area (Å²) in [5.41, 5.74) is 8.11. The maximum absolute atomic E-state index is 9.91. The summed E-state index contributed by atoms with van der Waals surface area (Å²) in [4.78, 5) is 10.1. The highest BCUT2D eigenvalue weighted by atomic mass is 32.1. The van der Waals surface area contributed by atoms with Crippen LogP contribution in [-0.2, 0) is 6.61 Å². The summed E-state index contributed by atoms with van der Waals surface area (Å²) in [6.07, 6.45) is 7.47. The second-order valence-electron chi connectivity index (χ2n) is 8.47. The normalized spacial score (nSPS) is 17.4. The van der Waals surface area contributed by atoms with Gasteiger partial charge in [-0.3, -0.25) is 0 Å². The van der Waals surface area contributed by atoms with Crippen molar-refractivity contribution in [2.75, 3.05) is 18.8 Å². The Bertz CT molecular complexity index is 1170. The number of hydrogen-bond donors (Lipinski definition) is 3. The van der Waals surface area contributed by atoms with E-state index in [-0.39, 0.29) is 0 Å². The fourth-order valence-corrected chi connectivity index (χ4v) is 4.78. The molecule has 3 heterocycles. The highest BCUT2D eigenvalue weighted by molar-refractivity contribution is 7.15. The van der Waals surface area contributed by atoms with E-state index < -0.39 is 5.60 Å². The lowest BCUT2D eigenvalue weighted by Gasteiger charge is -2.20. The number of hydrogen-bond acceptors (Lipinski definition) is 7. The predicted octanol–water partition coefficient (Wildman–Crippen LogP) is 3.71. The molecule has 0 radical (unpaired) electrons. The van der Waals surface area contributed by atoms with Gasteiger partial charge in [-0.25, -0.2) is 9.97 Å². The number of pyridine rings is 1. The van der Waals surface area contributed by atoms with Gasteiger partial charge in [-0.05, 0) is 62.5 Å². The van der Waals surface area contributed by atoms with Crippen LogP contribution in [0.5, 0.6) is 5.75 Å². The molecule has 0 amide bonds. The molecular weight excluding hydrogens is 420 g/mol. The third kappa shape index (κ3) is 4.94. The van der Waals surface area contributed by atoms with Gasteiger partial charge in [0.25, 0.3) is 0 Å². The molecule has 4 N–H and O–H groups in total. The average molecular weight is 447 g/mol. The van der Waals surface area contributed by atoms with Crippen molar-refractivity contribution in [3.8, 4) is 28.0 Å². The lowest BCUT2D eigenvalue weighted by molar-refractivity contribution is 0.212. The largest absolute Gasteiger partial charge is 0.485 e. The molecule has 6 nitrogen and oxygen atoms in total. The average Bonchev–Trinajstić information content (AvgIpc) is 3.36. The van der Waals surface area contributed by atoms with E-state index in [1.54, 1.807) is 17.5 Å². The lowest BCUT2D eigenvalue weighted by atomic mass is 9.99. The number of nitrogens with zero attached hydrogens (tertiary/aromatic N) is 2. The minimum atomic E-state index is -0.780. The van der Waals surface area contributed by atoms with Crippen LogP contribution in [0.1, 0.15) is 47.7 Å². The fourth-order valence-electron chi connectivity index (χ4n) is 3.72. The van der Waals surface area contributed by atoms with Crippen molar-refractivity contribution in [2.45, 2.75) is 43.8 Å². The van der Waals surface area contributed by atoms with Gasteiger partial charge >= 0.3 is 0 Å². The van der Waals surface area contributed by atoms with Crippen molar-refractivity contribution in [1.29, 1.82) is 0 Å². The van der Waals surface area contributed by atoms with Gasteiger partial charge in [0.15, 0.2) is 11.6 Å². The molecule has 32 heavy (non-hydrogen) atoms. The van der Waals surface area contributed by atoms with Gasteiger partial charge in [0.2, 0.25) is 0 Å². The Morgan fingerprint density at radius 1 is 1.19 bits per heavy atom. The highest BCUT2D eigenvalue weighted by Crippen LogP contribution is 2.36. The molecule has 0 atom stereocenters. The number of anilines is 1. The molecule has 1 saturated heterocycles. The Balaban J connectivity index is 1.28. The van der Waals surface area contributed by atoms with E-state index in [4.69, 9.17) is 10.5 Å². The number of aliphatic hydroxyl groups is 1. The van der Waals surface area contributed by atoms with Gasteiger partial charge in [-0.15, -0.1) is 11.3 Å². The standard InChI is InChI=1S/C25H26N4O2S/c26-23-21(31-16-18-3-1-2-17(12-18)4-7-25(30)8-9-25)13-20(14-28-23)22-15-29-24(32-22)19-5-10-27-11-6-19/h1-3,12-15,19,27,30H,5-6,8-11,16H2,(H2,26,28). The zero-order valence-electron chi connectivity index (χ0n) is 17.8. The lowest BCUT2D eigenvalue weighted by Crippen LogP contribution is -2.26. The Kier molecular flexibility index (Phi) is 5.83. The van der Waals surface area contributed by atoms with E-state index in [2.05, 4.69) is 27.1 Å². The summed E-state index contributed by atoms with van der Waals surface area (Å²) in [6.45, 7) is 2.46. The van der Waals surface area contributed by atoms with E-state index in [0.717, 1.165) is 60.3 Å². The third-order valence-electron chi connectivity index (χ3n) is 5.86. The van der Waals surface area contributed by atoms with E-state index >= 15 is 0 Å². The monoisotopic (exact) mass is 446 g/mol. The molecule has 2 fully saturated rings. The zero-order chi connectivity index (χ0) is 22.0. The molecule has 1 aliphatic heterocycles. The number of thiazole rings is 1. The van der Waals surface area contributed by atoms with Crippen molar-refractivity contribution in [3.05, 3.63) is 58.9 Å². The molecule has 1 aliphatic carbocycles. The summed E-state index contributed by atoms with van der Waals surface area (Å²) in [5.74, 6) is 7.45. The van der Waals surface area contributed by atoms with Crippen molar-refractivity contribution in [2.24, 2.45) is 0 Å². The third-order valence-corrected chi connectivity index (χ3v) is 7.07. The minimum absolute atomic E-state index is 0.359. The number of nitrogens with one attached hydrogen (secondary N) is 1. The number of nitrogen functional groups attached to an aromatic ring is 1. The maximum Gasteiger partial charge on any atom is 0.166 e. The first-order valence-electron chi connectivity index (χ1n) is 11.0. The van der Waals surface area contributed by atoms with Crippen LogP contribution in [0.2, 0.25) is 0 Å². The Labute approximate surface area is 191 Å². The molecule has 7 heteroatoms. The Hall–Kier alpha value is -2.92. The number of ether oxygens (including phenoxy) is 1. The van der Waals surface area contributed by atoms with Gasteiger partial charge in [0.1, 0.15) is 12.2 Å². The molecule has 3 aromatic rings. The second kappa shape index (κ2) is 8.91. The molecule has 164 valence electrons. The van der Waals surface area contributed by atoms with E-state index in [1.165, 1.54) is 5.01 Å². The first-order valence-corrected chi connectivity index (χ1v) is 11.8. The van der Waals surface area contributed by atoms with Crippen LogP contribution in [0.25, 0.3) is 10.4 Å². The Morgan fingerprint density at radius 3 is 2.84 bits per heavy atom. The molecule has 5 rings (SSSR count). The number of nitrogens with two attached hydrogens (primary N) is 1. The smallest absolute Gasteiger partial charge is 0.166 e. The van der Waals surface area contributed by atoms with Crippen LogP contribution in [0.15, 0.2) is 42.7 Å². The van der Waals surface area contributed by atoms with Crippen LogP contribution in [-0.4, -0.2) is 33.8 Å². The summed E-state index contributed by atoms with van der Waals surface area (Å²) in [6, 6.07) is 9.77. The molecular formula is C25H26N4O2S. The first-order chi connectivity index (χ1) is 15.6. The van der Waals surface area contributed by atoms with Crippen molar-refractivity contribution >= 4 is 17.2 Å². The van der Waals surface area contributed by atoms with Crippen LogP contribution in [0.4, 0.5) is 5.82 Å². The number of piperidine rings is 1. The highest BCUT2D eigenvalue weighted by Gasteiger charge is 2.38. The van der Waals surface area contributed by atoms with Gasteiger partial charge in [-0.1, -0.05) is 24.0 Å². The van der Waals surface area contributed by atoms with E-state index in [9.17, 15) is 5.11 Å². The summed E-state index contributed by atoms with van der Waals surface area (Å²) in [5, 5.41) is 14.5. The predicted molar refractivity (Wildman–Crippen MR) is 126 cm³/mol. The van der Waals surface area contributed by atoms with Gasteiger partial charge < -0.3 is 20.9 Å². The fraction of sp³-hybridized carbons (Fsp3) is 0.360. The minimum Gasteiger partial charge on any atom is -0.485 e. The number of benzene rings is 1. The molecule has 0 unspecified atom stereocenters. The SMILES string of the molecule is Nc1ncc(-c2cnc(C3CCNCC3)s2)cc1OCc1cccc(C#CC2(O)CC2)c1. The number of aromatic nitrogens is 2. The summed E-state index contributed by atoms with van der Waals surface area (Å²) >= 11 is 1.73. The number of rotatable bonds is 5. The summed E-state index contributed by atoms with van der Waals surface area (Å²) in [7, 11) is 0. The van der Waals surface area contributed by atoms with Gasteiger partial charge in [-0.2, -0.15) is 0 Å². The van der Waals surface area contributed by atoms with Crippen LogP contribution in [0.3, 0.4) is 0 Å². The second-order valence-corrected chi connectivity index (χ2v) is 9.53. The quantitative estimate of drug-likeness (QED) is 0.518. The molecule has 2 aliphatic rings. The molecule has 0 bridgehead atoms. The maximum atomic E-state index is 9.91. The molecule has 1 saturated carbocycles. The topological polar surface area (TPSA) is 93.3 Å². The molecule has 1 aromatic carbocycles. The van der Waals surface area contributed by atoms with E-state index in [1.807, 2.05) is 36.5 Å².